The molecule has 20 heavy (non-hydrogen) atoms. The molecule has 1 atom stereocenters. The van der Waals surface area contributed by atoms with Crippen LogP contribution < -0.4 is 10.1 Å². The maximum absolute atomic E-state index is 5.92. The Morgan fingerprint density at radius 3 is 3.10 bits per heavy atom. The average molecular weight is 272 g/mol. The van der Waals surface area contributed by atoms with E-state index >= 15 is 0 Å². The predicted molar refractivity (Wildman–Crippen MR) is 77.1 cm³/mol. The smallest absolute Gasteiger partial charge is 0.198 e. The summed E-state index contributed by atoms with van der Waals surface area (Å²) in [5.41, 5.74) is 1.12. The molecule has 1 aliphatic heterocycles. The highest BCUT2D eigenvalue weighted by molar-refractivity contribution is 5.35. The zero-order valence-corrected chi connectivity index (χ0v) is 11.8. The number of aromatic nitrogens is 1. The standard InChI is InChI=1S/C16H20N2O2/c1-19-15-7-3-2-5-12(15)9-14-11-18-16(20-14)13-6-4-8-17-10-13/h2-3,5,7,11,13,17H,4,6,8-10H2,1H3/t13-/m1/s1. The molecule has 106 valence electrons. The highest BCUT2D eigenvalue weighted by Gasteiger charge is 2.20. The lowest BCUT2D eigenvalue weighted by Crippen LogP contribution is -2.28. The van der Waals surface area contributed by atoms with Crippen molar-refractivity contribution in [2.75, 3.05) is 20.2 Å². The first-order chi connectivity index (χ1) is 9.86. The second-order valence-corrected chi connectivity index (χ2v) is 5.20. The maximum atomic E-state index is 5.92. The molecule has 2 aromatic rings. The van der Waals surface area contributed by atoms with Crippen molar-refractivity contribution in [3.05, 3.63) is 47.7 Å². The summed E-state index contributed by atoms with van der Waals surface area (Å²) in [6, 6.07) is 8.02. The van der Waals surface area contributed by atoms with Crippen molar-refractivity contribution in [3.63, 3.8) is 0 Å². The molecule has 1 aliphatic rings. The fourth-order valence-corrected chi connectivity index (χ4v) is 2.69. The molecule has 0 aliphatic carbocycles. The van der Waals surface area contributed by atoms with E-state index in [1.165, 1.54) is 6.42 Å². The van der Waals surface area contributed by atoms with Gasteiger partial charge in [-0.2, -0.15) is 0 Å². The fraction of sp³-hybridized carbons (Fsp3) is 0.438. The first-order valence-electron chi connectivity index (χ1n) is 7.14. The number of nitrogens with zero attached hydrogens (tertiary/aromatic N) is 1. The van der Waals surface area contributed by atoms with Crippen molar-refractivity contribution < 1.29 is 9.15 Å². The third-order valence-electron chi connectivity index (χ3n) is 3.77. The molecule has 0 spiro atoms. The Bertz CT molecular complexity index is 559. The minimum Gasteiger partial charge on any atom is -0.496 e. The normalized spacial score (nSPS) is 18.9. The Morgan fingerprint density at radius 2 is 2.30 bits per heavy atom. The van der Waals surface area contributed by atoms with Gasteiger partial charge < -0.3 is 14.5 Å². The molecule has 1 N–H and O–H groups in total. The van der Waals surface area contributed by atoms with Gasteiger partial charge in [0.1, 0.15) is 11.5 Å². The van der Waals surface area contributed by atoms with Gasteiger partial charge in [-0.1, -0.05) is 18.2 Å². The van der Waals surface area contributed by atoms with Crippen LogP contribution in [-0.4, -0.2) is 25.2 Å². The largest absolute Gasteiger partial charge is 0.496 e. The van der Waals surface area contributed by atoms with Crippen LogP contribution in [0.2, 0.25) is 0 Å². The summed E-state index contributed by atoms with van der Waals surface area (Å²) in [4.78, 5) is 4.44. The van der Waals surface area contributed by atoms with Gasteiger partial charge in [0.2, 0.25) is 0 Å². The number of nitrogens with one attached hydrogen (secondary N) is 1. The summed E-state index contributed by atoms with van der Waals surface area (Å²) >= 11 is 0. The van der Waals surface area contributed by atoms with Crippen molar-refractivity contribution >= 4 is 0 Å². The van der Waals surface area contributed by atoms with Crippen LogP contribution in [0.5, 0.6) is 5.75 Å². The van der Waals surface area contributed by atoms with Crippen LogP contribution in [0.25, 0.3) is 0 Å². The number of oxazole rings is 1. The van der Waals surface area contributed by atoms with E-state index in [9.17, 15) is 0 Å². The van der Waals surface area contributed by atoms with Crippen molar-refractivity contribution in [3.8, 4) is 5.75 Å². The summed E-state index contributed by atoms with van der Waals surface area (Å²) < 4.78 is 11.3. The van der Waals surface area contributed by atoms with E-state index in [1.54, 1.807) is 7.11 Å². The van der Waals surface area contributed by atoms with Gasteiger partial charge in [-0.3, -0.25) is 0 Å². The number of methoxy groups -OCH3 is 1. The number of piperidine rings is 1. The molecule has 0 radical (unpaired) electrons. The van der Waals surface area contributed by atoms with Crippen LogP contribution in [0.1, 0.15) is 36.0 Å². The van der Waals surface area contributed by atoms with Gasteiger partial charge in [0.25, 0.3) is 0 Å². The number of hydrogen-bond acceptors (Lipinski definition) is 4. The summed E-state index contributed by atoms with van der Waals surface area (Å²) in [5.74, 6) is 3.07. The third-order valence-corrected chi connectivity index (χ3v) is 3.77. The lowest BCUT2D eigenvalue weighted by atomic mass is 10.00. The van der Waals surface area contributed by atoms with E-state index in [0.29, 0.717) is 5.92 Å². The van der Waals surface area contributed by atoms with Gasteiger partial charge in [0, 0.05) is 24.4 Å². The molecule has 1 aromatic carbocycles. The number of rotatable bonds is 4. The molecular formula is C16H20N2O2. The van der Waals surface area contributed by atoms with Crippen molar-refractivity contribution in [2.24, 2.45) is 0 Å². The molecule has 0 bridgehead atoms. The molecule has 4 nitrogen and oxygen atoms in total. The quantitative estimate of drug-likeness (QED) is 0.929. The minimum atomic E-state index is 0.412. The molecule has 4 heteroatoms. The van der Waals surface area contributed by atoms with Crippen LogP contribution in [0.3, 0.4) is 0 Å². The van der Waals surface area contributed by atoms with Gasteiger partial charge in [0.05, 0.1) is 13.3 Å². The molecule has 1 saturated heterocycles. The van der Waals surface area contributed by atoms with Crippen molar-refractivity contribution in [1.29, 1.82) is 0 Å². The summed E-state index contributed by atoms with van der Waals surface area (Å²) in [6.07, 6.45) is 4.91. The van der Waals surface area contributed by atoms with E-state index in [1.807, 2.05) is 24.4 Å². The predicted octanol–water partition coefficient (Wildman–Crippen LogP) is 2.74. The van der Waals surface area contributed by atoms with E-state index < -0.39 is 0 Å². The van der Waals surface area contributed by atoms with E-state index in [2.05, 4.69) is 16.4 Å². The molecule has 2 heterocycles. The molecule has 3 rings (SSSR count). The second-order valence-electron chi connectivity index (χ2n) is 5.20. The van der Waals surface area contributed by atoms with Crippen molar-refractivity contribution in [1.82, 2.24) is 10.3 Å². The summed E-state index contributed by atoms with van der Waals surface area (Å²) in [5, 5.41) is 3.39. The monoisotopic (exact) mass is 272 g/mol. The Balaban J connectivity index is 1.73. The zero-order chi connectivity index (χ0) is 13.8. The maximum Gasteiger partial charge on any atom is 0.198 e. The van der Waals surface area contributed by atoms with Crippen LogP contribution in [-0.2, 0) is 6.42 Å². The molecule has 0 saturated carbocycles. The van der Waals surface area contributed by atoms with Crippen molar-refractivity contribution in [2.45, 2.75) is 25.2 Å². The second kappa shape index (κ2) is 6.09. The highest BCUT2D eigenvalue weighted by atomic mass is 16.5. The van der Waals surface area contributed by atoms with Crippen LogP contribution in [0.15, 0.2) is 34.9 Å². The molecule has 0 unspecified atom stereocenters. The van der Waals surface area contributed by atoms with E-state index in [-0.39, 0.29) is 0 Å². The lowest BCUT2D eigenvalue weighted by molar-refractivity contribution is 0.364. The minimum absolute atomic E-state index is 0.412. The Hall–Kier alpha value is -1.81. The van der Waals surface area contributed by atoms with Crippen LogP contribution in [0, 0.1) is 0 Å². The molecule has 1 aromatic heterocycles. The Kier molecular flexibility index (Phi) is 4.02. The Labute approximate surface area is 119 Å². The highest BCUT2D eigenvalue weighted by Crippen LogP contribution is 2.25. The van der Waals surface area contributed by atoms with Crippen LogP contribution >= 0.6 is 0 Å². The number of benzene rings is 1. The number of ether oxygens (including phenoxy) is 1. The third kappa shape index (κ3) is 2.85. The SMILES string of the molecule is COc1ccccc1Cc1cnc([C@@H]2CCCNC2)o1. The van der Waals surface area contributed by atoms with E-state index in [4.69, 9.17) is 9.15 Å². The molecule has 1 fully saturated rings. The van der Waals surface area contributed by atoms with E-state index in [0.717, 1.165) is 48.9 Å². The Morgan fingerprint density at radius 1 is 1.40 bits per heavy atom. The van der Waals surface area contributed by atoms with Gasteiger partial charge in [-0.15, -0.1) is 0 Å². The molecular weight excluding hydrogens is 252 g/mol. The first-order valence-corrected chi connectivity index (χ1v) is 7.14. The average Bonchev–Trinajstić information content (AvgIpc) is 2.97. The first kappa shape index (κ1) is 13.2. The molecule has 0 amide bonds. The zero-order valence-electron chi connectivity index (χ0n) is 11.8. The fourth-order valence-electron chi connectivity index (χ4n) is 2.69. The number of hydrogen-bond donors (Lipinski definition) is 1. The lowest BCUT2D eigenvalue weighted by Gasteiger charge is -2.19. The van der Waals surface area contributed by atoms with Crippen LogP contribution in [0.4, 0.5) is 0 Å². The van der Waals surface area contributed by atoms with Gasteiger partial charge >= 0.3 is 0 Å². The topological polar surface area (TPSA) is 47.3 Å². The van der Waals surface area contributed by atoms with Gasteiger partial charge in [-0.25, -0.2) is 4.98 Å². The summed E-state index contributed by atoms with van der Waals surface area (Å²) in [7, 11) is 1.69. The van der Waals surface area contributed by atoms with Gasteiger partial charge in [-0.05, 0) is 25.5 Å². The summed E-state index contributed by atoms with van der Waals surface area (Å²) in [6.45, 7) is 2.07. The van der Waals surface area contributed by atoms with Gasteiger partial charge in [0.15, 0.2) is 5.89 Å². The number of para-hydroxylation sites is 1.